The largest absolute Gasteiger partial charge is 0.350 e. The van der Waals surface area contributed by atoms with E-state index in [1.54, 1.807) is 0 Å². The number of nitrogens with zero attached hydrogens (tertiary/aromatic N) is 4. The van der Waals surface area contributed by atoms with Gasteiger partial charge >= 0.3 is 0 Å². The van der Waals surface area contributed by atoms with Gasteiger partial charge in [-0.05, 0) is 42.8 Å². The van der Waals surface area contributed by atoms with E-state index in [1.807, 2.05) is 61.1 Å². The quantitative estimate of drug-likeness (QED) is 0.614. The summed E-state index contributed by atoms with van der Waals surface area (Å²) in [6, 6.07) is 17.1. The third-order valence-corrected chi connectivity index (χ3v) is 5.66. The van der Waals surface area contributed by atoms with Gasteiger partial charge in [0.2, 0.25) is 0 Å². The number of rotatable bonds is 5. The van der Waals surface area contributed by atoms with Crippen LogP contribution in [0.5, 0.6) is 0 Å². The van der Waals surface area contributed by atoms with Crippen LogP contribution in [-0.4, -0.2) is 45.6 Å². The van der Waals surface area contributed by atoms with E-state index in [1.165, 1.54) is 41.2 Å². The zero-order valence-corrected chi connectivity index (χ0v) is 18.3. The Hall–Kier alpha value is -3.74. The fourth-order valence-electron chi connectivity index (χ4n) is 3.89. The van der Waals surface area contributed by atoms with E-state index in [2.05, 4.69) is 5.10 Å². The van der Waals surface area contributed by atoms with E-state index in [-0.39, 0.29) is 24.1 Å². The highest BCUT2D eigenvalue weighted by atomic mass is 19.1. The van der Waals surface area contributed by atoms with Gasteiger partial charge in [0, 0.05) is 32.3 Å². The van der Waals surface area contributed by atoms with Crippen molar-refractivity contribution >= 4 is 17.5 Å². The summed E-state index contributed by atoms with van der Waals surface area (Å²) >= 11 is 0. The molecule has 1 aromatic heterocycles. The summed E-state index contributed by atoms with van der Waals surface area (Å²) in [7, 11) is 3.47. The van der Waals surface area contributed by atoms with Gasteiger partial charge in [0.05, 0.1) is 17.4 Å². The monoisotopic (exact) mass is 432 g/mol. The van der Waals surface area contributed by atoms with Gasteiger partial charge in [0.1, 0.15) is 12.4 Å². The first-order valence-electron chi connectivity index (χ1n) is 10.4. The molecule has 7 heteroatoms. The Balaban J connectivity index is 1.58. The van der Waals surface area contributed by atoms with Crippen molar-refractivity contribution in [3.05, 3.63) is 95.1 Å². The number of amides is 2. The molecule has 2 aromatic carbocycles. The van der Waals surface area contributed by atoms with Gasteiger partial charge in [-0.2, -0.15) is 5.10 Å². The molecule has 0 saturated carbocycles. The van der Waals surface area contributed by atoms with Crippen molar-refractivity contribution in [2.24, 2.45) is 12.1 Å². The van der Waals surface area contributed by atoms with E-state index >= 15 is 0 Å². The molecule has 4 rings (SSSR count). The average Bonchev–Trinajstić information content (AvgIpc) is 3.40. The highest BCUT2D eigenvalue weighted by molar-refractivity contribution is 6.02. The SMILES string of the molecule is Cc1ccc(C2CC(c3cccn3C)=NN2C(=O)CN(C)C(=O)c2cccc(F)c2)cc1. The first-order valence-corrected chi connectivity index (χ1v) is 10.4. The molecule has 0 bridgehead atoms. The number of hydrogen-bond acceptors (Lipinski definition) is 3. The molecule has 2 heterocycles. The van der Waals surface area contributed by atoms with Crippen LogP contribution in [0, 0.1) is 12.7 Å². The van der Waals surface area contributed by atoms with Gasteiger partial charge in [-0.25, -0.2) is 9.40 Å². The van der Waals surface area contributed by atoms with Crippen LogP contribution in [-0.2, 0) is 11.8 Å². The highest BCUT2D eigenvalue weighted by Gasteiger charge is 2.34. The van der Waals surface area contributed by atoms with E-state index in [4.69, 9.17) is 0 Å². The third kappa shape index (κ3) is 4.32. The van der Waals surface area contributed by atoms with Crippen LogP contribution >= 0.6 is 0 Å². The fourth-order valence-corrected chi connectivity index (χ4v) is 3.89. The standard InChI is InChI=1S/C25H25FN4O2/c1-17-9-11-18(12-10-17)23-15-21(22-8-5-13-28(22)2)27-30(23)24(31)16-29(3)25(32)19-6-4-7-20(26)14-19/h4-14,23H,15-16H2,1-3H3. The minimum absolute atomic E-state index is 0.165. The van der Waals surface area contributed by atoms with Gasteiger partial charge in [-0.1, -0.05) is 35.9 Å². The summed E-state index contributed by atoms with van der Waals surface area (Å²) in [5.74, 6) is -1.21. The van der Waals surface area contributed by atoms with Crippen molar-refractivity contribution < 1.29 is 14.0 Å². The molecule has 32 heavy (non-hydrogen) atoms. The van der Waals surface area contributed by atoms with Crippen LogP contribution in [0.25, 0.3) is 0 Å². The van der Waals surface area contributed by atoms with E-state index in [0.29, 0.717) is 6.42 Å². The minimum Gasteiger partial charge on any atom is -0.350 e. The molecular weight excluding hydrogens is 407 g/mol. The van der Waals surface area contributed by atoms with Crippen molar-refractivity contribution in [3.8, 4) is 0 Å². The van der Waals surface area contributed by atoms with Crippen molar-refractivity contribution in [1.29, 1.82) is 0 Å². The predicted molar refractivity (Wildman–Crippen MR) is 121 cm³/mol. The smallest absolute Gasteiger partial charge is 0.262 e. The molecule has 1 aliphatic heterocycles. The van der Waals surface area contributed by atoms with Crippen LogP contribution in [0.2, 0.25) is 0 Å². The second kappa shape index (κ2) is 8.78. The summed E-state index contributed by atoms with van der Waals surface area (Å²) in [5, 5.41) is 6.13. The normalized spacial score (nSPS) is 15.6. The van der Waals surface area contributed by atoms with Gasteiger partial charge in [0.15, 0.2) is 0 Å². The molecule has 0 N–H and O–H groups in total. The predicted octanol–water partition coefficient (Wildman–Crippen LogP) is 3.92. The molecule has 0 saturated heterocycles. The summed E-state index contributed by atoms with van der Waals surface area (Å²) < 4.78 is 15.5. The number of likely N-dealkylation sites (N-methyl/N-ethyl adjacent to an activating group) is 1. The molecule has 3 aromatic rings. The number of hydrazone groups is 1. The summed E-state index contributed by atoms with van der Waals surface area (Å²) in [6.07, 6.45) is 2.52. The first-order chi connectivity index (χ1) is 15.3. The summed E-state index contributed by atoms with van der Waals surface area (Å²) in [6.45, 7) is 1.85. The molecule has 1 unspecified atom stereocenters. The van der Waals surface area contributed by atoms with Gasteiger partial charge < -0.3 is 9.47 Å². The molecule has 1 aliphatic rings. The first kappa shape index (κ1) is 21.5. The lowest BCUT2D eigenvalue weighted by molar-refractivity contribution is -0.133. The van der Waals surface area contributed by atoms with Crippen molar-refractivity contribution in [3.63, 3.8) is 0 Å². The molecule has 1 atom stereocenters. The zero-order valence-electron chi connectivity index (χ0n) is 18.3. The highest BCUT2D eigenvalue weighted by Crippen LogP contribution is 2.33. The number of aryl methyl sites for hydroxylation is 2. The Bertz CT molecular complexity index is 1180. The average molecular weight is 432 g/mol. The Kier molecular flexibility index (Phi) is 5.90. The van der Waals surface area contributed by atoms with Crippen LogP contribution in [0.3, 0.4) is 0 Å². The van der Waals surface area contributed by atoms with Gasteiger partial charge in [-0.3, -0.25) is 9.59 Å². The second-order valence-corrected chi connectivity index (χ2v) is 8.09. The number of hydrogen-bond donors (Lipinski definition) is 0. The molecule has 0 radical (unpaired) electrons. The zero-order chi connectivity index (χ0) is 22.8. The lowest BCUT2D eigenvalue weighted by Crippen LogP contribution is -2.39. The third-order valence-electron chi connectivity index (χ3n) is 5.66. The van der Waals surface area contributed by atoms with Gasteiger partial charge in [-0.15, -0.1) is 0 Å². The molecular formula is C25H25FN4O2. The van der Waals surface area contributed by atoms with E-state index in [0.717, 1.165) is 22.5 Å². The van der Waals surface area contributed by atoms with Crippen LogP contribution in [0.15, 0.2) is 72.0 Å². The molecule has 0 fully saturated rings. The Morgan fingerprint density at radius 1 is 1.12 bits per heavy atom. The minimum atomic E-state index is -0.494. The lowest BCUT2D eigenvalue weighted by Gasteiger charge is -2.25. The molecule has 0 spiro atoms. The van der Waals surface area contributed by atoms with Crippen molar-refractivity contribution in [1.82, 2.24) is 14.5 Å². The van der Waals surface area contributed by atoms with Crippen LogP contribution in [0.1, 0.15) is 39.6 Å². The number of benzene rings is 2. The number of halogens is 1. The maximum absolute atomic E-state index is 13.5. The number of carbonyl (C=O) groups excluding carboxylic acids is 2. The maximum Gasteiger partial charge on any atom is 0.262 e. The Labute approximate surface area is 186 Å². The topological polar surface area (TPSA) is 57.9 Å². The van der Waals surface area contributed by atoms with E-state index < -0.39 is 11.7 Å². The number of carbonyl (C=O) groups is 2. The molecule has 6 nitrogen and oxygen atoms in total. The maximum atomic E-state index is 13.5. The number of aromatic nitrogens is 1. The van der Waals surface area contributed by atoms with Crippen molar-refractivity contribution in [2.45, 2.75) is 19.4 Å². The van der Waals surface area contributed by atoms with E-state index in [9.17, 15) is 14.0 Å². The summed E-state index contributed by atoms with van der Waals surface area (Å²) in [4.78, 5) is 27.2. The Morgan fingerprint density at radius 2 is 1.88 bits per heavy atom. The summed E-state index contributed by atoms with van der Waals surface area (Å²) in [5.41, 5.74) is 4.08. The molecule has 0 aliphatic carbocycles. The lowest BCUT2D eigenvalue weighted by atomic mass is 9.99. The molecule has 2 amide bonds. The second-order valence-electron chi connectivity index (χ2n) is 8.09. The molecule has 164 valence electrons. The van der Waals surface area contributed by atoms with Crippen LogP contribution in [0.4, 0.5) is 4.39 Å². The van der Waals surface area contributed by atoms with Crippen LogP contribution < -0.4 is 0 Å². The fraction of sp³-hybridized carbons (Fsp3) is 0.240. The van der Waals surface area contributed by atoms with Gasteiger partial charge in [0.25, 0.3) is 11.8 Å². The Morgan fingerprint density at radius 3 is 2.53 bits per heavy atom. The van der Waals surface area contributed by atoms with Crippen molar-refractivity contribution in [2.75, 3.05) is 13.6 Å².